The predicted octanol–water partition coefficient (Wildman–Crippen LogP) is 3.97. The number of anilines is 1. The van der Waals surface area contributed by atoms with Gasteiger partial charge < -0.3 is 5.32 Å². The standard InChI is InChI=1S/C15H12F2N2O2/c16-10-3-1-9-2-5-14(12(9)7-10)18-15-6-4-11(19(20)21)8-13(15)17/h1,3-4,6-8,14,18H,2,5H2. The van der Waals surface area contributed by atoms with Crippen molar-refractivity contribution in [3.8, 4) is 0 Å². The summed E-state index contributed by atoms with van der Waals surface area (Å²) in [5, 5.41) is 13.6. The number of halogens is 2. The van der Waals surface area contributed by atoms with E-state index in [4.69, 9.17) is 0 Å². The lowest BCUT2D eigenvalue weighted by molar-refractivity contribution is -0.385. The summed E-state index contributed by atoms with van der Waals surface area (Å²) in [5.41, 5.74) is 1.74. The van der Waals surface area contributed by atoms with Crippen molar-refractivity contribution in [3.05, 3.63) is 69.3 Å². The van der Waals surface area contributed by atoms with Crippen LogP contribution in [-0.2, 0) is 6.42 Å². The molecule has 0 radical (unpaired) electrons. The van der Waals surface area contributed by atoms with Crippen LogP contribution >= 0.6 is 0 Å². The maximum Gasteiger partial charge on any atom is 0.272 e. The van der Waals surface area contributed by atoms with Crippen molar-refractivity contribution in [1.82, 2.24) is 0 Å². The summed E-state index contributed by atoms with van der Waals surface area (Å²) < 4.78 is 27.2. The molecule has 0 saturated heterocycles. The lowest BCUT2D eigenvalue weighted by Crippen LogP contribution is -2.09. The van der Waals surface area contributed by atoms with Crippen LogP contribution in [-0.4, -0.2) is 4.92 Å². The molecule has 6 heteroatoms. The van der Waals surface area contributed by atoms with Crippen LogP contribution in [0.15, 0.2) is 36.4 Å². The molecule has 2 aromatic carbocycles. The topological polar surface area (TPSA) is 55.2 Å². The van der Waals surface area contributed by atoms with Crippen molar-refractivity contribution in [3.63, 3.8) is 0 Å². The highest BCUT2D eigenvalue weighted by Gasteiger charge is 2.24. The monoisotopic (exact) mass is 290 g/mol. The number of nitrogens with zero attached hydrogens (tertiary/aromatic N) is 1. The first kappa shape index (κ1) is 13.5. The van der Waals surface area contributed by atoms with Crippen LogP contribution in [0.5, 0.6) is 0 Å². The van der Waals surface area contributed by atoms with Crippen LogP contribution in [0.2, 0.25) is 0 Å². The SMILES string of the molecule is O=[N+]([O-])c1ccc(NC2CCc3ccc(F)cc32)c(F)c1. The second-order valence-electron chi connectivity index (χ2n) is 5.00. The van der Waals surface area contributed by atoms with Gasteiger partial charge in [-0.15, -0.1) is 0 Å². The first-order chi connectivity index (χ1) is 10.0. The number of nitrogens with one attached hydrogen (secondary N) is 1. The Labute approximate surface area is 119 Å². The van der Waals surface area contributed by atoms with Crippen molar-refractivity contribution in [1.29, 1.82) is 0 Å². The Hall–Kier alpha value is -2.50. The molecule has 0 heterocycles. The summed E-state index contributed by atoms with van der Waals surface area (Å²) in [7, 11) is 0. The zero-order chi connectivity index (χ0) is 15.0. The molecule has 0 aromatic heterocycles. The Morgan fingerprint density at radius 2 is 2.00 bits per heavy atom. The summed E-state index contributed by atoms with van der Waals surface area (Å²) in [5.74, 6) is -1.01. The van der Waals surface area contributed by atoms with Gasteiger partial charge in [0, 0.05) is 6.07 Å². The van der Waals surface area contributed by atoms with Crippen molar-refractivity contribution in [2.75, 3.05) is 5.32 Å². The van der Waals surface area contributed by atoms with E-state index >= 15 is 0 Å². The van der Waals surface area contributed by atoms with Crippen LogP contribution in [0, 0.1) is 21.7 Å². The van der Waals surface area contributed by atoms with Crippen molar-refractivity contribution in [2.45, 2.75) is 18.9 Å². The van der Waals surface area contributed by atoms with E-state index in [1.165, 1.54) is 24.3 Å². The molecular formula is C15H12F2N2O2. The number of non-ortho nitro benzene ring substituents is 1. The Morgan fingerprint density at radius 1 is 1.19 bits per heavy atom. The van der Waals surface area contributed by atoms with Crippen LogP contribution in [0.1, 0.15) is 23.6 Å². The highest BCUT2D eigenvalue weighted by molar-refractivity contribution is 5.53. The van der Waals surface area contributed by atoms with Gasteiger partial charge >= 0.3 is 0 Å². The van der Waals surface area contributed by atoms with Crippen LogP contribution in [0.25, 0.3) is 0 Å². The zero-order valence-corrected chi connectivity index (χ0v) is 11.0. The third-order valence-electron chi connectivity index (χ3n) is 3.68. The average molecular weight is 290 g/mol. The summed E-state index contributed by atoms with van der Waals surface area (Å²) in [6.07, 6.45) is 1.52. The van der Waals surface area contributed by atoms with E-state index in [9.17, 15) is 18.9 Å². The van der Waals surface area contributed by atoms with Gasteiger partial charge in [0.05, 0.1) is 22.7 Å². The zero-order valence-electron chi connectivity index (χ0n) is 11.0. The number of nitro groups is 1. The van der Waals surface area contributed by atoms with Crippen molar-refractivity contribution >= 4 is 11.4 Å². The minimum atomic E-state index is -0.686. The highest BCUT2D eigenvalue weighted by atomic mass is 19.1. The van der Waals surface area contributed by atoms with E-state index in [2.05, 4.69) is 5.32 Å². The van der Waals surface area contributed by atoms with Crippen LogP contribution < -0.4 is 5.32 Å². The maximum atomic E-state index is 13.9. The molecule has 1 aliphatic carbocycles. The average Bonchev–Trinajstić information content (AvgIpc) is 2.83. The van der Waals surface area contributed by atoms with Gasteiger partial charge in [-0.1, -0.05) is 6.07 Å². The smallest absolute Gasteiger partial charge is 0.272 e. The molecule has 2 aromatic rings. The van der Waals surface area contributed by atoms with E-state index in [1.54, 1.807) is 6.07 Å². The molecule has 1 unspecified atom stereocenters. The fourth-order valence-electron chi connectivity index (χ4n) is 2.65. The molecule has 21 heavy (non-hydrogen) atoms. The molecular weight excluding hydrogens is 278 g/mol. The predicted molar refractivity (Wildman–Crippen MR) is 74.1 cm³/mol. The Bertz CT molecular complexity index is 719. The quantitative estimate of drug-likeness (QED) is 0.687. The van der Waals surface area contributed by atoms with Gasteiger partial charge in [0.15, 0.2) is 5.82 Å². The fourth-order valence-corrected chi connectivity index (χ4v) is 2.65. The molecule has 4 nitrogen and oxygen atoms in total. The lowest BCUT2D eigenvalue weighted by Gasteiger charge is -2.16. The number of nitro benzene ring substituents is 1. The molecule has 1 atom stereocenters. The number of hydrogen-bond acceptors (Lipinski definition) is 3. The van der Waals surface area contributed by atoms with Gasteiger partial charge in [-0.05, 0) is 42.2 Å². The maximum absolute atomic E-state index is 13.9. The first-order valence-corrected chi connectivity index (χ1v) is 6.53. The minimum absolute atomic E-state index is 0.183. The highest BCUT2D eigenvalue weighted by Crippen LogP contribution is 2.35. The van der Waals surface area contributed by atoms with Gasteiger partial charge in [-0.25, -0.2) is 8.78 Å². The molecule has 0 aliphatic heterocycles. The largest absolute Gasteiger partial charge is 0.376 e. The Morgan fingerprint density at radius 3 is 2.71 bits per heavy atom. The van der Waals surface area contributed by atoms with Gasteiger partial charge in [-0.2, -0.15) is 0 Å². The summed E-state index contributed by atoms with van der Waals surface area (Å²) in [6.45, 7) is 0. The Kier molecular flexibility index (Phi) is 3.29. The second kappa shape index (κ2) is 5.12. The second-order valence-corrected chi connectivity index (χ2v) is 5.00. The third-order valence-corrected chi connectivity index (χ3v) is 3.68. The van der Waals surface area contributed by atoms with Gasteiger partial charge in [0.25, 0.3) is 5.69 Å². The van der Waals surface area contributed by atoms with E-state index in [0.717, 1.165) is 30.0 Å². The van der Waals surface area contributed by atoms with E-state index in [1.807, 2.05) is 0 Å². The van der Waals surface area contributed by atoms with Crippen LogP contribution in [0.4, 0.5) is 20.2 Å². The summed E-state index contributed by atoms with van der Waals surface area (Å²) >= 11 is 0. The summed E-state index contributed by atoms with van der Waals surface area (Å²) in [6, 6.07) is 7.86. The third kappa shape index (κ3) is 2.56. The summed E-state index contributed by atoms with van der Waals surface area (Å²) in [4.78, 5) is 9.94. The number of hydrogen-bond donors (Lipinski definition) is 1. The molecule has 0 saturated carbocycles. The molecule has 3 rings (SSSR count). The van der Waals surface area contributed by atoms with E-state index < -0.39 is 10.7 Å². The van der Waals surface area contributed by atoms with Crippen molar-refractivity contribution < 1.29 is 13.7 Å². The van der Waals surface area contributed by atoms with Gasteiger partial charge in [0.1, 0.15) is 5.82 Å². The first-order valence-electron chi connectivity index (χ1n) is 6.53. The molecule has 0 spiro atoms. The molecule has 1 aliphatic rings. The lowest BCUT2D eigenvalue weighted by atomic mass is 10.1. The van der Waals surface area contributed by atoms with Crippen molar-refractivity contribution in [2.24, 2.45) is 0 Å². The van der Waals surface area contributed by atoms with Crippen LogP contribution in [0.3, 0.4) is 0 Å². The number of aryl methyl sites for hydroxylation is 1. The normalized spacial score (nSPS) is 16.6. The molecule has 0 amide bonds. The molecule has 0 fully saturated rings. The fraction of sp³-hybridized carbons (Fsp3) is 0.200. The molecule has 1 N–H and O–H groups in total. The van der Waals surface area contributed by atoms with E-state index in [-0.39, 0.29) is 23.2 Å². The van der Waals surface area contributed by atoms with E-state index in [0.29, 0.717) is 0 Å². The van der Waals surface area contributed by atoms with Gasteiger partial charge in [-0.3, -0.25) is 10.1 Å². The Balaban J connectivity index is 1.86. The molecule has 0 bridgehead atoms. The number of rotatable bonds is 3. The molecule has 108 valence electrons. The number of fused-ring (bicyclic) bond motifs is 1. The number of benzene rings is 2. The minimum Gasteiger partial charge on any atom is -0.376 e. The van der Waals surface area contributed by atoms with Gasteiger partial charge in [0.2, 0.25) is 0 Å².